The summed E-state index contributed by atoms with van der Waals surface area (Å²) < 4.78 is 0. The summed E-state index contributed by atoms with van der Waals surface area (Å²) in [6.07, 6.45) is 3.28. The molecule has 0 radical (unpaired) electrons. The van der Waals surface area contributed by atoms with Crippen LogP contribution in [0.15, 0.2) is 42.5 Å². The van der Waals surface area contributed by atoms with Gasteiger partial charge in [0.25, 0.3) is 0 Å². The number of aromatic nitrogens is 1. The summed E-state index contributed by atoms with van der Waals surface area (Å²) in [5.41, 5.74) is 2.31. The maximum Gasteiger partial charge on any atom is 0.354 e. The zero-order chi connectivity index (χ0) is 26.0. The van der Waals surface area contributed by atoms with Crippen molar-refractivity contribution in [2.75, 3.05) is 65.4 Å². The second-order valence-corrected chi connectivity index (χ2v) is 10.1. The van der Waals surface area contributed by atoms with Crippen molar-refractivity contribution < 1.29 is 19.8 Å². The molecule has 4 rings (SSSR count). The van der Waals surface area contributed by atoms with Gasteiger partial charge in [-0.1, -0.05) is 18.2 Å². The standard InChI is InChI=1S/C28H39N5O4/c34-27(35)24-7-1-6-23(20-24)21-32-14-4-12-31-11-3-10-30(16-18-32)13-5-15-33(19-17-31)22-25-8-2-9-26(29-25)28(36)37/h1-2,6-9,20H,3-5,10-19,21-22H2,(H,34,35)(H,36,37). The van der Waals surface area contributed by atoms with Gasteiger partial charge in [0.05, 0.1) is 11.3 Å². The molecule has 1 aromatic heterocycles. The Bertz CT molecular complexity index is 967. The number of nitrogens with zero attached hydrogens (tertiary/aromatic N) is 5. The molecule has 0 saturated carbocycles. The highest BCUT2D eigenvalue weighted by molar-refractivity contribution is 5.87. The third-order valence-electron chi connectivity index (χ3n) is 7.30. The van der Waals surface area contributed by atoms with E-state index in [2.05, 4.69) is 24.6 Å². The molecule has 2 fully saturated rings. The van der Waals surface area contributed by atoms with Crippen LogP contribution in [0.4, 0.5) is 0 Å². The Hall–Kier alpha value is -2.85. The fourth-order valence-corrected chi connectivity index (χ4v) is 5.31. The SMILES string of the molecule is O=C(O)c1cccc(CN2CCCN3CCCN(CCCN(Cc4cccc(C(=O)O)n4)CC3)CC2)c1. The highest BCUT2D eigenvalue weighted by Gasteiger charge is 2.18. The van der Waals surface area contributed by atoms with Crippen LogP contribution in [0, 0.1) is 0 Å². The third kappa shape index (κ3) is 8.60. The van der Waals surface area contributed by atoms with Crippen molar-refractivity contribution in [2.45, 2.75) is 32.4 Å². The van der Waals surface area contributed by atoms with E-state index in [9.17, 15) is 19.8 Å². The van der Waals surface area contributed by atoms with Crippen LogP contribution in [-0.4, -0.2) is 112 Å². The van der Waals surface area contributed by atoms with Gasteiger partial charge in [0.15, 0.2) is 0 Å². The normalized spacial score (nSPS) is 22.7. The van der Waals surface area contributed by atoms with E-state index in [1.807, 2.05) is 18.2 Å². The van der Waals surface area contributed by atoms with Crippen molar-refractivity contribution in [1.29, 1.82) is 0 Å². The summed E-state index contributed by atoms with van der Waals surface area (Å²) in [5, 5.41) is 18.7. The van der Waals surface area contributed by atoms with Crippen molar-refractivity contribution in [3.8, 4) is 0 Å². The molecule has 2 bridgehead atoms. The van der Waals surface area contributed by atoms with Crippen LogP contribution in [0.2, 0.25) is 0 Å². The van der Waals surface area contributed by atoms with Crippen LogP contribution < -0.4 is 0 Å². The fraction of sp³-hybridized carbons (Fsp3) is 0.536. The van der Waals surface area contributed by atoms with Crippen LogP contribution in [-0.2, 0) is 13.1 Å². The first-order valence-corrected chi connectivity index (χ1v) is 13.4. The molecule has 2 aromatic rings. The minimum Gasteiger partial charge on any atom is -0.478 e. The predicted molar refractivity (Wildman–Crippen MR) is 142 cm³/mol. The first kappa shape index (κ1) is 27.2. The summed E-state index contributed by atoms with van der Waals surface area (Å²) in [5.74, 6) is -1.87. The summed E-state index contributed by atoms with van der Waals surface area (Å²) in [7, 11) is 0. The molecule has 200 valence electrons. The van der Waals surface area contributed by atoms with Crippen molar-refractivity contribution in [2.24, 2.45) is 0 Å². The van der Waals surface area contributed by atoms with E-state index in [-0.39, 0.29) is 5.69 Å². The van der Waals surface area contributed by atoms with Gasteiger partial charge in [-0.2, -0.15) is 0 Å². The lowest BCUT2D eigenvalue weighted by atomic mass is 10.1. The van der Waals surface area contributed by atoms with Gasteiger partial charge in [-0.15, -0.1) is 0 Å². The Morgan fingerprint density at radius 1 is 0.676 bits per heavy atom. The van der Waals surface area contributed by atoms with E-state index < -0.39 is 11.9 Å². The summed E-state index contributed by atoms with van der Waals surface area (Å²) >= 11 is 0. The summed E-state index contributed by atoms with van der Waals surface area (Å²) in [6, 6.07) is 12.6. The molecule has 9 nitrogen and oxygen atoms in total. The number of carboxylic acids is 2. The minimum atomic E-state index is -0.987. The molecule has 2 atom stereocenters. The van der Waals surface area contributed by atoms with Gasteiger partial charge in [0, 0.05) is 39.3 Å². The number of carboxylic acid groups (broad SMARTS) is 2. The third-order valence-corrected chi connectivity index (χ3v) is 7.30. The Balaban J connectivity index is 1.40. The number of pyridine rings is 1. The van der Waals surface area contributed by atoms with Crippen LogP contribution in [0.5, 0.6) is 0 Å². The van der Waals surface area contributed by atoms with Crippen LogP contribution in [0.1, 0.15) is 51.4 Å². The second-order valence-electron chi connectivity index (χ2n) is 10.1. The average molecular weight is 510 g/mol. The van der Waals surface area contributed by atoms with Crippen molar-refractivity contribution in [3.63, 3.8) is 0 Å². The van der Waals surface area contributed by atoms with E-state index in [4.69, 9.17) is 0 Å². The van der Waals surface area contributed by atoms with Crippen molar-refractivity contribution in [3.05, 3.63) is 65.0 Å². The monoisotopic (exact) mass is 509 g/mol. The molecule has 2 aliphatic rings. The molecule has 2 N–H and O–H groups in total. The topological polar surface area (TPSA) is 100 Å². The molecule has 37 heavy (non-hydrogen) atoms. The van der Waals surface area contributed by atoms with E-state index in [0.717, 1.165) is 103 Å². The van der Waals surface area contributed by atoms with Crippen LogP contribution >= 0.6 is 0 Å². The number of hydrogen-bond donors (Lipinski definition) is 2. The molecular weight excluding hydrogens is 470 g/mol. The Morgan fingerprint density at radius 3 is 1.89 bits per heavy atom. The zero-order valence-electron chi connectivity index (χ0n) is 21.6. The van der Waals surface area contributed by atoms with Crippen LogP contribution in [0.3, 0.4) is 0 Å². The maximum atomic E-state index is 11.4. The first-order valence-electron chi connectivity index (χ1n) is 13.4. The molecule has 2 saturated heterocycles. The quantitative estimate of drug-likeness (QED) is 0.609. The molecular formula is C28H39N5O4. The van der Waals surface area contributed by atoms with E-state index in [0.29, 0.717) is 12.1 Å². The van der Waals surface area contributed by atoms with E-state index in [1.54, 1.807) is 24.3 Å². The van der Waals surface area contributed by atoms with Gasteiger partial charge in [-0.3, -0.25) is 9.80 Å². The molecule has 0 aliphatic carbocycles. The predicted octanol–water partition coefficient (Wildman–Crippen LogP) is 2.58. The Morgan fingerprint density at radius 2 is 1.27 bits per heavy atom. The highest BCUT2D eigenvalue weighted by Crippen LogP contribution is 2.13. The lowest BCUT2D eigenvalue weighted by Crippen LogP contribution is -2.39. The number of benzene rings is 1. The fourth-order valence-electron chi connectivity index (χ4n) is 5.31. The first-order chi connectivity index (χ1) is 18.0. The number of aromatic carboxylic acids is 2. The van der Waals surface area contributed by atoms with Gasteiger partial charge >= 0.3 is 11.9 Å². The van der Waals surface area contributed by atoms with Gasteiger partial charge in [0.1, 0.15) is 5.69 Å². The molecule has 0 amide bonds. The van der Waals surface area contributed by atoms with Gasteiger partial charge in [-0.25, -0.2) is 14.6 Å². The molecule has 9 heteroatoms. The average Bonchev–Trinajstić information content (AvgIpc) is 2.95. The highest BCUT2D eigenvalue weighted by atomic mass is 16.4. The Labute approximate surface area is 219 Å². The lowest BCUT2D eigenvalue weighted by molar-refractivity contribution is 0.0682. The summed E-state index contributed by atoms with van der Waals surface area (Å²) in [6.45, 7) is 11.5. The van der Waals surface area contributed by atoms with E-state index >= 15 is 0 Å². The van der Waals surface area contributed by atoms with E-state index in [1.165, 1.54) is 0 Å². The lowest BCUT2D eigenvalue weighted by Gasteiger charge is -2.29. The minimum absolute atomic E-state index is 0.101. The molecule has 2 unspecified atom stereocenters. The number of hydrogen-bond acceptors (Lipinski definition) is 7. The summed E-state index contributed by atoms with van der Waals surface area (Å²) in [4.78, 5) is 37.1. The van der Waals surface area contributed by atoms with Gasteiger partial charge in [0.2, 0.25) is 0 Å². The molecule has 3 heterocycles. The number of fused-ring (bicyclic) bond motifs is 4. The molecule has 2 aliphatic heterocycles. The van der Waals surface area contributed by atoms with Crippen molar-refractivity contribution >= 4 is 11.9 Å². The second kappa shape index (κ2) is 13.6. The Kier molecular flexibility index (Phi) is 10.0. The van der Waals surface area contributed by atoms with Gasteiger partial charge < -0.3 is 20.0 Å². The molecule has 1 aromatic carbocycles. The molecule has 0 spiro atoms. The smallest absolute Gasteiger partial charge is 0.354 e. The number of rotatable bonds is 6. The largest absolute Gasteiger partial charge is 0.478 e. The number of carbonyl (C=O) groups is 2. The van der Waals surface area contributed by atoms with Gasteiger partial charge in [-0.05, 0) is 88.4 Å². The zero-order valence-corrected chi connectivity index (χ0v) is 21.6. The van der Waals surface area contributed by atoms with Crippen LogP contribution in [0.25, 0.3) is 0 Å². The maximum absolute atomic E-state index is 11.4. The van der Waals surface area contributed by atoms with Crippen molar-refractivity contribution in [1.82, 2.24) is 24.6 Å².